The third-order valence-electron chi connectivity index (χ3n) is 23.8. The number of imidazole rings is 1. The van der Waals surface area contributed by atoms with Gasteiger partial charge < -0.3 is 77.8 Å². The summed E-state index contributed by atoms with van der Waals surface area (Å²) in [5.41, 5.74) is 56.8. The number of nitrogens with one attached hydrogen (secondary N) is 12. The van der Waals surface area contributed by atoms with Crippen molar-refractivity contribution in [2.24, 2.45) is 62.2 Å². The Kier molecular flexibility index (Phi) is 31.0. The van der Waals surface area contributed by atoms with Gasteiger partial charge in [0.2, 0.25) is 23.6 Å². The lowest BCUT2D eigenvalue weighted by Crippen LogP contribution is -2.42. The largest absolute Gasteiger partial charge is 0.358 e. The van der Waals surface area contributed by atoms with Gasteiger partial charge in [0.25, 0.3) is 23.6 Å². The minimum absolute atomic E-state index is 0. The van der Waals surface area contributed by atoms with Gasteiger partial charge in [-0.1, -0.05) is 134 Å². The third kappa shape index (κ3) is 20.8. The summed E-state index contributed by atoms with van der Waals surface area (Å²) in [5.74, 6) is -1.42. The Morgan fingerprint density at radius 2 is 0.726 bits per heavy atom. The van der Waals surface area contributed by atoms with Crippen molar-refractivity contribution in [1.82, 2.24) is 61.5 Å². The van der Waals surface area contributed by atoms with E-state index in [0.29, 0.717) is 132 Å². The quantitative estimate of drug-likeness (QED) is 0.0357. The van der Waals surface area contributed by atoms with E-state index in [2.05, 4.69) is 123 Å². The molecule has 4 aliphatic heterocycles. The highest BCUT2D eigenvalue weighted by Gasteiger charge is 2.35. The number of nitrogens with two attached hydrogens (primary N) is 4. The smallest absolute Gasteiger partial charge is 0.272 e. The van der Waals surface area contributed by atoms with Gasteiger partial charge in [-0.25, -0.2) is 26.7 Å². The number of fused-ring (bicyclic) bond motifs is 2. The summed E-state index contributed by atoms with van der Waals surface area (Å²) in [6, 6.07) is 50.8. The van der Waals surface area contributed by atoms with E-state index >= 15 is 0 Å². The van der Waals surface area contributed by atoms with Crippen LogP contribution in [0.5, 0.6) is 0 Å². The number of H-pyrrole nitrogens is 4. The summed E-state index contributed by atoms with van der Waals surface area (Å²) in [6.07, 6.45) is 15.5. The molecule has 7 aromatic heterocycles. The molecular formula is C97H100Cl4N24O10. The molecule has 0 saturated heterocycles. The van der Waals surface area contributed by atoms with Crippen LogP contribution in [0.25, 0.3) is 77.9 Å². The number of anilines is 4. The first-order valence-electron chi connectivity index (χ1n) is 41.9. The minimum atomic E-state index is -0.691. The van der Waals surface area contributed by atoms with Gasteiger partial charge in [0.15, 0.2) is 11.5 Å². The van der Waals surface area contributed by atoms with Crippen molar-refractivity contribution >= 4 is 188 Å². The number of rotatable bonds is 19. The van der Waals surface area contributed by atoms with Gasteiger partial charge in [-0.2, -0.15) is 20.4 Å². The number of aromatic nitrogens is 8. The van der Waals surface area contributed by atoms with Crippen LogP contribution in [0.2, 0.25) is 0 Å². The molecular weight excluding hydrogens is 1800 g/mol. The van der Waals surface area contributed by atoms with Crippen LogP contribution >= 0.6 is 49.6 Å². The fourth-order valence-corrected chi connectivity index (χ4v) is 17.3. The normalized spacial score (nSPS) is 14.1. The summed E-state index contributed by atoms with van der Waals surface area (Å²) in [6.45, 7) is 5.58. The molecule has 135 heavy (non-hydrogen) atoms. The highest BCUT2D eigenvalue weighted by Crippen LogP contribution is 2.40. The molecule has 8 aromatic carbocycles. The van der Waals surface area contributed by atoms with E-state index in [-0.39, 0.29) is 124 Å². The predicted molar refractivity (Wildman–Crippen MR) is 534 cm³/mol. The molecule has 2 aliphatic carbocycles. The summed E-state index contributed by atoms with van der Waals surface area (Å²) in [5, 5.41) is 38.4. The van der Waals surface area contributed by atoms with Crippen LogP contribution < -0.4 is 65.9 Å². The number of nitrogens with zero attached hydrogens (tertiary/aromatic N) is 8. The number of carbonyl (C=O) groups excluding carboxylic acids is 8. The Balaban J connectivity index is 0.000000160. The number of benzene rings is 8. The Hall–Kier alpha value is -15.0. The Bertz CT molecular complexity index is 6900. The molecule has 0 radical (unpaired) electrons. The zero-order chi connectivity index (χ0) is 89.4. The molecule has 0 spiro atoms. The molecule has 0 fully saturated rings. The second-order valence-corrected chi connectivity index (χ2v) is 32.7. The highest BCUT2D eigenvalue weighted by molar-refractivity contribution is 6.22. The first-order valence-corrected chi connectivity index (χ1v) is 41.9. The highest BCUT2D eigenvalue weighted by atomic mass is 35.5. The average molecular weight is 1900 g/mol. The van der Waals surface area contributed by atoms with Gasteiger partial charge >= 0.3 is 0 Å². The fourth-order valence-electron chi connectivity index (χ4n) is 17.3. The molecule has 6 aliphatic rings. The molecule has 38 heteroatoms. The number of carbonyl (C=O) groups is 8. The first kappa shape index (κ1) is 99.0. The number of hydrogen-bond acceptors (Lipinski definition) is 21. The van der Waals surface area contributed by atoms with Crippen LogP contribution in [0.3, 0.4) is 0 Å². The molecule has 34 nitrogen and oxygen atoms in total. The number of amides is 8. The van der Waals surface area contributed by atoms with Crippen LogP contribution in [0.15, 0.2) is 212 Å². The fraction of sp³-hybridized carbons (Fsp3) is 0.206. The molecule has 15 aromatic rings. The van der Waals surface area contributed by atoms with Crippen LogP contribution in [0.4, 0.5) is 22.7 Å². The average Bonchev–Trinajstić information content (AvgIpc) is 1.61. The van der Waals surface area contributed by atoms with Gasteiger partial charge in [-0.05, 0) is 166 Å². The van der Waals surface area contributed by atoms with Gasteiger partial charge in [-0.3, -0.25) is 38.4 Å². The topological polar surface area (TPSA) is 519 Å². The van der Waals surface area contributed by atoms with Crippen LogP contribution in [-0.4, -0.2) is 136 Å². The molecule has 21 rings (SSSR count). The molecule has 696 valence electrons. The maximum Gasteiger partial charge on any atom is 0.272 e. The molecule has 4 atom stereocenters. The lowest BCUT2D eigenvalue weighted by atomic mass is 9.96. The molecule has 0 saturated carbocycles. The summed E-state index contributed by atoms with van der Waals surface area (Å²) in [4.78, 5) is 119. The van der Waals surface area contributed by atoms with E-state index in [0.717, 1.165) is 92.7 Å². The molecule has 0 bridgehead atoms. The van der Waals surface area contributed by atoms with Crippen molar-refractivity contribution in [2.45, 2.75) is 111 Å². The van der Waals surface area contributed by atoms with Crippen molar-refractivity contribution < 1.29 is 47.4 Å². The maximum atomic E-state index is 13.1. The van der Waals surface area contributed by atoms with Crippen LogP contribution in [0, 0.1) is 32.6 Å². The molecule has 11 heterocycles. The number of halogens is 4. The summed E-state index contributed by atoms with van der Waals surface area (Å²) < 4.78 is 12.7. The van der Waals surface area contributed by atoms with Crippen LogP contribution in [-0.2, 0) is 64.8 Å². The van der Waals surface area contributed by atoms with Crippen LogP contribution in [0.1, 0.15) is 142 Å². The lowest BCUT2D eigenvalue weighted by molar-refractivity contribution is -0.119. The van der Waals surface area contributed by atoms with E-state index in [1.807, 2.05) is 130 Å². The molecule has 8 amide bonds. The van der Waals surface area contributed by atoms with Gasteiger partial charge in [0.05, 0.1) is 106 Å². The second-order valence-electron chi connectivity index (χ2n) is 32.7. The zero-order valence-electron chi connectivity index (χ0n) is 71.9. The zero-order valence-corrected chi connectivity index (χ0v) is 75.1. The van der Waals surface area contributed by atoms with E-state index in [1.54, 1.807) is 85.8 Å². The van der Waals surface area contributed by atoms with E-state index in [9.17, 15) is 38.4 Å². The van der Waals surface area contributed by atoms with E-state index in [1.165, 1.54) is 22.3 Å². The maximum absolute atomic E-state index is 13.1. The number of aryl methyl sites for hydroxylation is 6. The minimum Gasteiger partial charge on any atom is -0.358 e. The number of hydrogen-bond donors (Lipinski definition) is 16. The Labute approximate surface area is 798 Å². The molecule has 20 N–H and O–H groups in total. The van der Waals surface area contributed by atoms with Crippen molar-refractivity contribution in [1.29, 1.82) is 0 Å². The lowest BCUT2D eigenvalue weighted by Gasteiger charge is -2.18. The van der Waals surface area contributed by atoms with Crippen molar-refractivity contribution in [3.05, 3.63) is 277 Å². The third-order valence-corrected chi connectivity index (χ3v) is 23.8. The second kappa shape index (κ2) is 42.3. The van der Waals surface area contributed by atoms with Gasteiger partial charge in [-0.15, -0.1) is 49.6 Å². The summed E-state index contributed by atoms with van der Waals surface area (Å²) in [7, 11) is 1.89. The van der Waals surface area contributed by atoms with E-state index in [4.69, 9.17) is 32.0 Å². The van der Waals surface area contributed by atoms with E-state index < -0.39 is 24.2 Å². The number of hydrazone groups is 4. The molecule has 0 unspecified atom stereocenters. The standard InChI is InChI=1S/C25H22N6O3.C24H23N7O2.C24H22N6O3.C22H21N5O2.2CH4.4ClH/c1-12-6-20(34-31-12)23-18-11-27-30-24(32)17-9-16(10-19(29-23)21(17)18)28-25(33)22(26)15-7-13-4-2-3-5-14(13)8-15;1-31-12-20(26-13-31)22-17-11-27-30-23(32)16-9-15(10-19(29-22)21(16)17)28-24(33)18(25)8-7-14-5-3-2-4-6-14;1-13-9-20(33-30-13)22-17-12-26-29-23(31)16-10-15(11-19(28-22)21(16)17)27-24(32)18(25)8-7-14-5-3-2-4-6-14;1-11-17-10-24-27-21(28)16-8-15(9-18(25-11)19(16)17)26-22(29)20(23)14-6-12-4-2-3-5-13(12)7-14;;;;;;/h2-6,9-11,15,22,29H,7-8,26H2,1H3,(H,28,33)(H,30,32);2-6,9-13,18,29H,7-8,25H2,1H3,(H,28,33)(H,30,32);2-6,9-12,18,28H,7-8,25H2,1H3,(H,27,32)(H,29,31);2-5,8-10,14,20,25H,6-7,23H2,1H3,(H,26,29)(H,27,28);2*1H4;4*1H/t22-;2*18-;20-;;;;;;/m1111....../s1. The van der Waals surface area contributed by atoms with Gasteiger partial charge in [0.1, 0.15) is 5.69 Å². The predicted octanol–water partition coefficient (Wildman–Crippen LogP) is 13.7. The van der Waals surface area contributed by atoms with Crippen molar-refractivity contribution in [2.75, 3.05) is 21.3 Å². The van der Waals surface area contributed by atoms with Gasteiger partial charge in [0, 0.05) is 120 Å². The van der Waals surface area contributed by atoms with Crippen molar-refractivity contribution in [3.8, 4) is 34.3 Å². The Morgan fingerprint density at radius 3 is 1.06 bits per heavy atom. The Morgan fingerprint density at radius 1 is 0.415 bits per heavy atom. The first-order chi connectivity index (χ1) is 62.5. The number of aromatic amines is 4. The summed E-state index contributed by atoms with van der Waals surface area (Å²) >= 11 is 0. The SMILES string of the molecule is C.C.Cc1[nH]c2cc(NC(=O)[C@H](N)C3Cc4ccccc4C3)cc3c2c1C=NNC3=O.Cc1cc(-c2[nH]c3cc(NC(=O)[C@H](N)C4Cc5ccccc5C4)cc4c3c2C=NNC4=O)on1.Cc1cc(-c2[nH]c3cc(NC(=O)[C@H](N)CCc4ccccc4)cc4c3c2C=NNC4=O)on1.Cl.Cl.Cl.Cl.Cn1cnc(-c2[nH]c3cc(NC(=O)[C@H](N)CCc4ccccc4)cc4c3c2C=NNC4=O)c1. The monoisotopic (exact) mass is 1900 g/mol. The van der Waals surface area contributed by atoms with Crippen molar-refractivity contribution in [3.63, 3.8) is 0 Å².